The van der Waals surface area contributed by atoms with Crippen molar-refractivity contribution in [2.24, 2.45) is 0 Å². The topological polar surface area (TPSA) is 66.6 Å². The Labute approximate surface area is 158 Å². The van der Waals surface area contributed by atoms with Crippen LogP contribution in [0, 0.1) is 5.82 Å². The molecule has 1 saturated heterocycles. The second kappa shape index (κ2) is 8.67. The summed E-state index contributed by atoms with van der Waals surface area (Å²) in [6, 6.07) is 12.8. The zero-order chi connectivity index (χ0) is 17.8. The van der Waals surface area contributed by atoms with Gasteiger partial charge in [0.2, 0.25) is 0 Å². The number of nitrogens with zero attached hydrogens (tertiary/aromatic N) is 2. The van der Waals surface area contributed by atoms with Crippen LogP contribution in [0.4, 0.5) is 10.1 Å². The molecule has 0 unspecified atom stereocenters. The SMILES string of the molecule is Cl.Nc1ccc(C(=O)N2CCCN(C(=O)c3ccccc3F)CC2)cc1. The van der Waals surface area contributed by atoms with Gasteiger partial charge in [-0.2, -0.15) is 0 Å². The number of benzene rings is 2. The standard InChI is InChI=1S/C19H20FN3O2.ClH/c20-17-5-2-1-4-16(17)19(25)23-11-3-10-22(12-13-23)18(24)14-6-8-15(21)9-7-14;/h1-2,4-9H,3,10-13,21H2;1H. The van der Waals surface area contributed by atoms with Crippen LogP contribution in [0.3, 0.4) is 0 Å². The van der Waals surface area contributed by atoms with Gasteiger partial charge >= 0.3 is 0 Å². The highest BCUT2D eigenvalue weighted by molar-refractivity contribution is 5.95. The molecule has 2 N–H and O–H groups in total. The van der Waals surface area contributed by atoms with Gasteiger partial charge in [0.1, 0.15) is 5.82 Å². The van der Waals surface area contributed by atoms with E-state index < -0.39 is 5.82 Å². The van der Waals surface area contributed by atoms with Gasteiger partial charge in [0.05, 0.1) is 5.56 Å². The van der Waals surface area contributed by atoms with E-state index in [1.807, 2.05) is 0 Å². The van der Waals surface area contributed by atoms with E-state index in [0.717, 1.165) is 0 Å². The van der Waals surface area contributed by atoms with Crippen LogP contribution in [0.1, 0.15) is 27.1 Å². The molecular weight excluding hydrogens is 357 g/mol. The summed E-state index contributed by atoms with van der Waals surface area (Å²) in [6.07, 6.45) is 0.654. The molecule has 2 amide bonds. The van der Waals surface area contributed by atoms with E-state index in [1.165, 1.54) is 12.1 Å². The van der Waals surface area contributed by atoms with Crippen LogP contribution in [0.2, 0.25) is 0 Å². The van der Waals surface area contributed by atoms with Crippen molar-refractivity contribution in [2.45, 2.75) is 6.42 Å². The summed E-state index contributed by atoms with van der Waals surface area (Å²) < 4.78 is 13.8. The molecule has 5 nitrogen and oxygen atoms in total. The maximum absolute atomic E-state index is 13.8. The van der Waals surface area contributed by atoms with Gasteiger partial charge in [-0.1, -0.05) is 12.1 Å². The molecule has 0 radical (unpaired) electrons. The molecule has 0 spiro atoms. The van der Waals surface area contributed by atoms with Crippen LogP contribution in [-0.2, 0) is 0 Å². The van der Waals surface area contributed by atoms with E-state index in [-0.39, 0.29) is 29.8 Å². The third kappa shape index (κ3) is 4.32. The molecule has 3 rings (SSSR count). The normalized spacial score (nSPS) is 14.3. The van der Waals surface area contributed by atoms with Crippen molar-refractivity contribution in [1.82, 2.24) is 9.80 Å². The summed E-state index contributed by atoms with van der Waals surface area (Å²) in [4.78, 5) is 28.4. The lowest BCUT2D eigenvalue weighted by atomic mass is 10.2. The second-order valence-corrected chi connectivity index (χ2v) is 6.04. The number of carbonyl (C=O) groups is 2. The fourth-order valence-corrected chi connectivity index (χ4v) is 2.94. The molecule has 1 aliphatic rings. The maximum Gasteiger partial charge on any atom is 0.256 e. The van der Waals surface area contributed by atoms with Crippen molar-refractivity contribution < 1.29 is 14.0 Å². The van der Waals surface area contributed by atoms with E-state index in [9.17, 15) is 14.0 Å². The van der Waals surface area contributed by atoms with Crippen molar-refractivity contribution in [2.75, 3.05) is 31.9 Å². The van der Waals surface area contributed by atoms with E-state index >= 15 is 0 Å². The van der Waals surface area contributed by atoms with E-state index in [2.05, 4.69) is 0 Å². The third-order valence-electron chi connectivity index (χ3n) is 4.33. The fraction of sp³-hybridized carbons (Fsp3) is 0.263. The Morgan fingerprint density at radius 1 is 0.846 bits per heavy atom. The quantitative estimate of drug-likeness (QED) is 0.818. The Balaban J connectivity index is 0.00000243. The first-order valence-electron chi connectivity index (χ1n) is 8.25. The van der Waals surface area contributed by atoms with Crippen LogP contribution >= 0.6 is 12.4 Å². The van der Waals surface area contributed by atoms with Gasteiger partial charge in [-0.05, 0) is 42.8 Å². The number of hydrogen-bond donors (Lipinski definition) is 1. The van der Waals surface area contributed by atoms with E-state index in [4.69, 9.17) is 5.73 Å². The predicted octanol–water partition coefficient (Wildman–Crippen LogP) is 2.82. The summed E-state index contributed by atoms with van der Waals surface area (Å²) in [5.41, 5.74) is 6.90. The first-order chi connectivity index (χ1) is 12.1. The third-order valence-corrected chi connectivity index (χ3v) is 4.33. The Kier molecular flexibility index (Phi) is 6.58. The van der Waals surface area contributed by atoms with Gasteiger partial charge in [0.25, 0.3) is 11.8 Å². The van der Waals surface area contributed by atoms with Crippen molar-refractivity contribution in [3.63, 3.8) is 0 Å². The largest absolute Gasteiger partial charge is 0.399 e. The number of nitrogen functional groups attached to an aromatic ring is 1. The number of carbonyl (C=O) groups excluding carboxylic acids is 2. The summed E-state index contributed by atoms with van der Waals surface area (Å²) >= 11 is 0. The molecule has 0 aliphatic carbocycles. The fourth-order valence-electron chi connectivity index (χ4n) is 2.94. The molecule has 26 heavy (non-hydrogen) atoms. The van der Waals surface area contributed by atoms with Crippen molar-refractivity contribution >= 4 is 29.9 Å². The van der Waals surface area contributed by atoms with Crippen molar-refractivity contribution in [1.29, 1.82) is 0 Å². The zero-order valence-electron chi connectivity index (χ0n) is 14.2. The molecule has 0 aromatic heterocycles. The molecule has 0 atom stereocenters. The van der Waals surface area contributed by atoms with Gasteiger partial charge in [0.15, 0.2) is 0 Å². The summed E-state index contributed by atoms with van der Waals surface area (Å²) in [6.45, 7) is 1.86. The lowest BCUT2D eigenvalue weighted by Crippen LogP contribution is -2.37. The van der Waals surface area contributed by atoms with Gasteiger partial charge in [-0.25, -0.2) is 4.39 Å². The number of amides is 2. The van der Waals surface area contributed by atoms with Crippen molar-refractivity contribution in [3.05, 3.63) is 65.5 Å². The molecule has 1 fully saturated rings. The number of hydrogen-bond acceptors (Lipinski definition) is 3. The highest BCUT2D eigenvalue weighted by Gasteiger charge is 2.24. The van der Waals surface area contributed by atoms with E-state index in [1.54, 1.807) is 46.2 Å². The van der Waals surface area contributed by atoms with Gasteiger partial charge in [-0.3, -0.25) is 9.59 Å². The average Bonchev–Trinajstić information content (AvgIpc) is 2.88. The monoisotopic (exact) mass is 377 g/mol. The van der Waals surface area contributed by atoms with Crippen molar-refractivity contribution in [3.8, 4) is 0 Å². The number of rotatable bonds is 2. The van der Waals surface area contributed by atoms with E-state index in [0.29, 0.717) is 43.9 Å². The maximum atomic E-state index is 13.8. The molecule has 7 heteroatoms. The molecule has 2 aromatic carbocycles. The Morgan fingerprint density at radius 3 is 2.04 bits per heavy atom. The molecular formula is C19H21ClFN3O2. The average molecular weight is 378 g/mol. The van der Waals surface area contributed by atoms with Crippen LogP contribution < -0.4 is 5.73 Å². The van der Waals surface area contributed by atoms with Crippen LogP contribution in [0.5, 0.6) is 0 Å². The molecule has 138 valence electrons. The highest BCUT2D eigenvalue weighted by atomic mass is 35.5. The Hall–Kier alpha value is -2.60. The predicted molar refractivity (Wildman–Crippen MR) is 101 cm³/mol. The Bertz CT molecular complexity index is 783. The van der Waals surface area contributed by atoms with Gasteiger partial charge in [0, 0.05) is 37.4 Å². The first kappa shape index (κ1) is 19.7. The van der Waals surface area contributed by atoms with Gasteiger partial charge in [-0.15, -0.1) is 12.4 Å². The number of nitrogens with two attached hydrogens (primary N) is 1. The summed E-state index contributed by atoms with van der Waals surface area (Å²) in [7, 11) is 0. The number of anilines is 1. The summed E-state index contributed by atoms with van der Waals surface area (Å²) in [5.74, 6) is -0.938. The molecule has 0 saturated carbocycles. The highest BCUT2D eigenvalue weighted by Crippen LogP contribution is 2.15. The lowest BCUT2D eigenvalue weighted by Gasteiger charge is -2.22. The molecule has 2 aromatic rings. The molecule has 0 bridgehead atoms. The lowest BCUT2D eigenvalue weighted by molar-refractivity contribution is 0.0716. The van der Waals surface area contributed by atoms with Crippen LogP contribution in [-0.4, -0.2) is 47.8 Å². The number of halogens is 2. The second-order valence-electron chi connectivity index (χ2n) is 6.04. The Morgan fingerprint density at radius 2 is 1.42 bits per heavy atom. The summed E-state index contributed by atoms with van der Waals surface area (Å²) in [5, 5.41) is 0. The minimum absolute atomic E-state index is 0. The van der Waals surface area contributed by atoms with Gasteiger partial charge < -0.3 is 15.5 Å². The first-order valence-corrected chi connectivity index (χ1v) is 8.25. The van der Waals surface area contributed by atoms with Crippen LogP contribution in [0.25, 0.3) is 0 Å². The smallest absolute Gasteiger partial charge is 0.256 e. The zero-order valence-corrected chi connectivity index (χ0v) is 15.0. The van der Waals surface area contributed by atoms with Crippen LogP contribution in [0.15, 0.2) is 48.5 Å². The minimum atomic E-state index is -0.522. The molecule has 1 heterocycles. The minimum Gasteiger partial charge on any atom is -0.399 e. The molecule has 1 aliphatic heterocycles.